The number of sulfonamides is 1. The van der Waals surface area contributed by atoms with Gasteiger partial charge in [-0.15, -0.1) is 0 Å². The van der Waals surface area contributed by atoms with Crippen molar-refractivity contribution in [3.05, 3.63) is 58.6 Å². The maximum Gasteiger partial charge on any atom is 0.255 e. The molecular formula is C19H23ClN2O3S. The Morgan fingerprint density at radius 3 is 2.58 bits per heavy atom. The van der Waals surface area contributed by atoms with E-state index in [1.165, 1.54) is 12.1 Å². The third-order valence-electron chi connectivity index (χ3n) is 3.99. The lowest BCUT2D eigenvalue weighted by Gasteiger charge is -2.11. The van der Waals surface area contributed by atoms with E-state index in [4.69, 9.17) is 11.6 Å². The largest absolute Gasteiger partial charge is 0.322 e. The van der Waals surface area contributed by atoms with Crippen LogP contribution in [0, 0.1) is 6.92 Å². The van der Waals surface area contributed by atoms with Crippen LogP contribution in [0.1, 0.15) is 42.1 Å². The van der Waals surface area contributed by atoms with Crippen molar-refractivity contribution >= 4 is 33.2 Å². The summed E-state index contributed by atoms with van der Waals surface area (Å²) < 4.78 is 27.3. The van der Waals surface area contributed by atoms with Crippen LogP contribution in [0.25, 0.3) is 0 Å². The first-order chi connectivity index (χ1) is 12.3. The quantitative estimate of drug-likeness (QED) is 0.653. The standard InChI is InChI=1S/C19H23ClN2O3S/c1-3-4-5-12-21-26(24,25)16-9-6-8-15(13-16)19(23)22-18-11-7-10-17(20)14(18)2/h6-11,13,21H,3-5,12H2,1-2H3,(H,22,23). The molecule has 2 rings (SSSR count). The van der Waals surface area contributed by atoms with E-state index >= 15 is 0 Å². The maximum absolute atomic E-state index is 12.5. The van der Waals surface area contributed by atoms with Crippen LogP contribution in [-0.4, -0.2) is 20.9 Å². The van der Waals surface area contributed by atoms with Gasteiger partial charge in [-0.25, -0.2) is 13.1 Å². The summed E-state index contributed by atoms with van der Waals surface area (Å²) in [5, 5.41) is 3.32. The van der Waals surface area contributed by atoms with Crippen LogP contribution >= 0.6 is 11.6 Å². The molecule has 0 radical (unpaired) electrons. The second-order valence-corrected chi connectivity index (χ2v) is 8.17. The number of nitrogens with one attached hydrogen (secondary N) is 2. The second kappa shape index (κ2) is 9.16. The van der Waals surface area contributed by atoms with Crippen molar-refractivity contribution in [2.24, 2.45) is 0 Å². The lowest BCUT2D eigenvalue weighted by atomic mass is 10.1. The van der Waals surface area contributed by atoms with Crippen molar-refractivity contribution in [3.8, 4) is 0 Å². The molecular weight excluding hydrogens is 372 g/mol. The highest BCUT2D eigenvalue weighted by Crippen LogP contribution is 2.23. The fourth-order valence-corrected chi connectivity index (χ4v) is 3.70. The second-order valence-electron chi connectivity index (χ2n) is 6.00. The summed E-state index contributed by atoms with van der Waals surface area (Å²) in [6.07, 6.45) is 2.76. The lowest BCUT2D eigenvalue weighted by Crippen LogP contribution is -2.25. The van der Waals surface area contributed by atoms with Crippen molar-refractivity contribution in [3.63, 3.8) is 0 Å². The number of halogens is 1. The van der Waals surface area contributed by atoms with Gasteiger partial charge in [-0.3, -0.25) is 4.79 Å². The van der Waals surface area contributed by atoms with Crippen LogP contribution in [0.15, 0.2) is 47.4 Å². The van der Waals surface area contributed by atoms with Crippen molar-refractivity contribution < 1.29 is 13.2 Å². The van der Waals surface area contributed by atoms with Gasteiger partial charge < -0.3 is 5.32 Å². The molecule has 7 heteroatoms. The van der Waals surface area contributed by atoms with Gasteiger partial charge in [0.25, 0.3) is 5.91 Å². The molecule has 0 aromatic heterocycles. The number of carbonyl (C=O) groups excluding carboxylic acids is 1. The van der Waals surface area contributed by atoms with Gasteiger partial charge in [0.1, 0.15) is 0 Å². The molecule has 2 N–H and O–H groups in total. The molecule has 0 atom stereocenters. The Balaban J connectivity index is 2.15. The monoisotopic (exact) mass is 394 g/mol. The number of unbranched alkanes of at least 4 members (excludes halogenated alkanes) is 2. The molecule has 0 bridgehead atoms. The van der Waals surface area contributed by atoms with Crippen molar-refractivity contribution in [1.29, 1.82) is 0 Å². The number of rotatable bonds is 8. The molecule has 26 heavy (non-hydrogen) atoms. The minimum absolute atomic E-state index is 0.0736. The SMILES string of the molecule is CCCCCNS(=O)(=O)c1cccc(C(=O)Nc2cccc(Cl)c2C)c1. The highest BCUT2D eigenvalue weighted by atomic mass is 35.5. The maximum atomic E-state index is 12.5. The number of anilines is 1. The molecule has 2 aromatic carbocycles. The number of benzene rings is 2. The summed E-state index contributed by atoms with van der Waals surface area (Å²) in [6, 6.07) is 11.2. The number of carbonyl (C=O) groups is 1. The highest BCUT2D eigenvalue weighted by Gasteiger charge is 2.16. The minimum atomic E-state index is -3.64. The van der Waals surface area contributed by atoms with E-state index in [1.54, 1.807) is 37.3 Å². The van der Waals surface area contributed by atoms with Crippen molar-refractivity contribution in [1.82, 2.24) is 4.72 Å². The summed E-state index contributed by atoms with van der Waals surface area (Å²) in [5.41, 5.74) is 1.61. The molecule has 2 aromatic rings. The van der Waals surface area contributed by atoms with E-state index < -0.39 is 15.9 Å². The molecule has 5 nitrogen and oxygen atoms in total. The lowest BCUT2D eigenvalue weighted by molar-refractivity contribution is 0.102. The van der Waals surface area contributed by atoms with Gasteiger partial charge in [0, 0.05) is 22.8 Å². The van der Waals surface area contributed by atoms with Crippen LogP contribution in [0.3, 0.4) is 0 Å². The molecule has 140 valence electrons. The number of hydrogen-bond acceptors (Lipinski definition) is 3. The molecule has 0 aliphatic carbocycles. The summed E-state index contributed by atoms with van der Waals surface area (Å²) in [6.45, 7) is 4.24. The van der Waals surface area contributed by atoms with E-state index in [9.17, 15) is 13.2 Å². The van der Waals surface area contributed by atoms with Gasteiger partial charge >= 0.3 is 0 Å². The predicted octanol–water partition coefficient (Wildman–Crippen LogP) is 4.37. The molecule has 0 spiro atoms. The van der Waals surface area contributed by atoms with Crippen LogP contribution in [0.2, 0.25) is 5.02 Å². The van der Waals surface area contributed by atoms with E-state index in [0.29, 0.717) is 17.3 Å². The zero-order valence-corrected chi connectivity index (χ0v) is 16.5. The first-order valence-electron chi connectivity index (χ1n) is 8.51. The van der Waals surface area contributed by atoms with Gasteiger partial charge in [0.05, 0.1) is 4.90 Å². The van der Waals surface area contributed by atoms with Gasteiger partial charge in [0.2, 0.25) is 10.0 Å². The van der Waals surface area contributed by atoms with Crippen LogP contribution in [-0.2, 0) is 10.0 Å². The van der Waals surface area contributed by atoms with Crippen LogP contribution < -0.4 is 10.0 Å². The summed E-state index contributed by atoms with van der Waals surface area (Å²) in [5.74, 6) is -0.390. The van der Waals surface area contributed by atoms with E-state index in [2.05, 4.69) is 17.0 Å². The average molecular weight is 395 g/mol. The van der Waals surface area contributed by atoms with E-state index in [0.717, 1.165) is 24.8 Å². The molecule has 0 saturated heterocycles. The molecule has 0 fully saturated rings. The molecule has 0 aliphatic heterocycles. The fraction of sp³-hybridized carbons (Fsp3) is 0.316. The normalized spacial score (nSPS) is 11.3. The number of amides is 1. The summed E-state index contributed by atoms with van der Waals surface area (Å²) >= 11 is 6.06. The van der Waals surface area contributed by atoms with Gasteiger partial charge in [-0.2, -0.15) is 0 Å². The van der Waals surface area contributed by atoms with Crippen LogP contribution in [0.5, 0.6) is 0 Å². The summed E-state index contributed by atoms with van der Waals surface area (Å²) in [7, 11) is -3.64. The highest BCUT2D eigenvalue weighted by molar-refractivity contribution is 7.89. The minimum Gasteiger partial charge on any atom is -0.322 e. The predicted molar refractivity (Wildman–Crippen MR) is 105 cm³/mol. The van der Waals surface area contributed by atoms with Gasteiger partial charge in [0.15, 0.2) is 0 Å². The third-order valence-corrected chi connectivity index (χ3v) is 5.86. The first-order valence-corrected chi connectivity index (χ1v) is 10.4. The van der Waals surface area contributed by atoms with Gasteiger partial charge in [-0.05, 0) is 49.2 Å². The van der Waals surface area contributed by atoms with Crippen molar-refractivity contribution in [2.45, 2.75) is 38.0 Å². The Morgan fingerprint density at radius 2 is 1.85 bits per heavy atom. The Hall–Kier alpha value is -1.89. The topological polar surface area (TPSA) is 75.3 Å². The average Bonchev–Trinajstić information content (AvgIpc) is 2.63. The zero-order chi connectivity index (χ0) is 19.2. The third kappa shape index (κ3) is 5.30. The Kier molecular flexibility index (Phi) is 7.20. The zero-order valence-electron chi connectivity index (χ0n) is 14.9. The molecule has 0 unspecified atom stereocenters. The van der Waals surface area contributed by atoms with Crippen LogP contribution in [0.4, 0.5) is 5.69 Å². The van der Waals surface area contributed by atoms with Crippen molar-refractivity contribution in [2.75, 3.05) is 11.9 Å². The molecule has 1 amide bonds. The van der Waals surface area contributed by atoms with Gasteiger partial charge in [-0.1, -0.05) is 43.5 Å². The molecule has 0 heterocycles. The first kappa shape index (κ1) is 20.4. The molecule has 0 saturated carbocycles. The fourth-order valence-electron chi connectivity index (χ4n) is 2.41. The Morgan fingerprint density at radius 1 is 1.12 bits per heavy atom. The van der Waals surface area contributed by atoms with E-state index in [1.807, 2.05) is 0 Å². The smallest absolute Gasteiger partial charge is 0.255 e. The Labute approximate surface area is 159 Å². The Bertz CT molecular complexity index is 882. The number of hydrogen-bond donors (Lipinski definition) is 2. The molecule has 0 aliphatic rings. The van der Waals surface area contributed by atoms with E-state index in [-0.39, 0.29) is 10.5 Å². The summed E-state index contributed by atoms with van der Waals surface area (Å²) in [4.78, 5) is 12.6.